The van der Waals surface area contributed by atoms with Crippen LogP contribution in [0.1, 0.15) is 13.8 Å². The van der Waals surface area contributed by atoms with Crippen LogP contribution in [0.4, 0.5) is 5.95 Å². The molecule has 16 heavy (non-hydrogen) atoms. The number of carbonyl (C=O) groups is 1. The predicted molar refractivity (Wildman–Crippen MR) is 60.2 cm³/mol. The maximum atomic E-state index is 11.5. The van der Waals surface area contributed by atoms with E-state index in [-0.39, 0.29) is 23.3 Å². The molecule has 0 unspecified atom stereocenters. The Kier molecular flexibility index (Phi) is 2.47. The summed E-state index contributed by atoms with van der Waals surface area (Å²) in [7, 11) is 0. The van der Waals surface area contributed by atoms with E-state index in [2.05, 4.69) is 20.3 Å². The van der Waals surface area contributed by atoms with Gasteiger partial charge >= 0.3 is 0 Å². The standard InChI is InChI=1S/C10H12N4O2/c1-5(2)8(15)13-10-12-7-6(3-4-11-7)9(16)14-10/h3-5H,1-2H3,(H3,11,12,13,14,15,16). The number of H-pyrrole nitrogens is 2. The Morgan fingerprint density at radius 1 is 1.50 bits per heavy atom. The number of carbonyl (C=O) groups excluding carboxylic acids is 1. The Morgan fingerprint density at radius 2 is 2.25 bits per heavy atom. The quantitative estimate of drug-likeness (QED) is 0.700. The van der Waals surface area contributed by atoms with Gasteiger partial charge in [0.2, 0.25) is 11.9 Å². The van der Waals surface area contributed by atoms with Crippen LogP contribution in [-0.2, 0) is 4.79 Å². The van der Waals surface area contributed by atoms with Crippen LogP contribution in [0.15, 0.2) is 17.1 Å². The van der Waals surface area contributed by atoms with E-state index in [0.717, 1.165) is 0 Å². The van der Waals surface area contributed by atoms with Gasteiger partial charge in [0.1, 0.15) is 5.65 Å². The van der Waals surface area contributed by atoms with Crippen LogP contribution in [0.5, 0.6) is 0 Å². The number of rotatable bonds is 2. The second-order valence-corrected chi connectivity index (χ2v) is 3.80. The van der Waals surface area contributed by atoms with Crippen LogP contribution in [0.3, 0.4) is 0 Å². The first-order valence-electron chi connectivity index (χ1n) is 4.96. The molecule has 0 saturated heterocycles. The molecule has 6 nitrogen and oxygen atoms in total. The molecule has 0 saturated carbocycles. The summed E-state index contributed by atoms with van der Waals surface area (Å²) in [5.74, 6) is -0.183. The fourth-order valence-electron chi connectivity index (χ4n) is 1.27. The van der Waals surface area contributed by atoms with Crippen molar-refractivity contribution in [2.24, 2.45) is 5.92 Å². The van der Waals surface area contributed by atoms with Crippen molar-refractivity contribution in [1.29, 1.82) is 0 Å². The van der Waals surface area contributed by atoms with Crippen LogP contribution < -0.4 is 10.9 Å². The van der Waals surface area contributed by atoms with Crippen molar-refractivity contribution in [2.75, 3.05) is 5.32 Å². The first kappa shape index (κ1) is 10.4. The molecular weight excluding hydrogens is 208 g/mol. The Hall–Kier alpha value is -2.11. The molecule has 0 spiro atoms. The zero-order valence-corrected chi connectivity index (χ0v) is 9.00. The van der Waals surface area contributed by atoms with Gasteiger partial charge in [0.05, 0.1) is 5.39 Å². The molecule has 0 aliphatic carbocycles. The van der Waals surface area contributed by atoms with Gasteiger partial charge in [0.15, 0.2) is 0 Å². The lowest BCUT2D eigenvalue weighted by Gasteiger charge is -2.05. The minimum Gasteiger partial charge on any atom is -0.346 e. The number of amides is 1. The van der Waals surface area contributed by atoms with Gasteiger partial charge in [0.25, 0.3) is 5.56 Å². The zero-order valence-electron chi connectivity index (χ0n) is 9.00. The van der Waals surface area contributed by atoms with E-state index < -0.39 is 0 Å². The van der Waals surface area contributed by atoms with Gasteiger partial charge in [-0.05, 0) is 6.07 Å². The van der Waals surface area contributed by atoms with Gasteiger partial charge in [-0.15, -0.1) is 0 Å². The third-order valence-corrected chi connectivity index (χ3v) is 2.19. The maximum Gasteiger partial charge on any atom is 0.261 e. The molecule has 2 rings (SSSR count). The highest BCUT2D eigenvalue weighted by Gasteiger charge is 2.10. The molecule has 0 fully saturated rings. The van der Waals surface area contributed by atoms with E-state index in [4.69, 9.17) is 0 Å². The molecule has 6 heteroatoms. The Bertz CT molecular complexity index is 582. The van der Waals surface area contributed by atoms with Gasteiger partial charge < -0.3 is 4.98 Å². The van der Waals surface area contributed by atoms with E-state index in [1.807, 2.05) is 0 Å². The lowest BCUT2D eigenvalue weighted by molar-refractivity contribution is -0.118. The molecule has 0 atom stereocenters. The number of hydrogen-bond donors (Lipinski definition) is 3. The van der Waals surface area contributed by atoms with Gasteiger partial charge in [-0.1, -0.05) is 13.8 Å². The Balaban J connectivity index is 2.39. The van der Waals surface area contributed by atoms with Crippen molar-refractivity contribution in [2.45, 2.75) is 13.8 Å². The molecule has 2 heterocycles. The first-order valence-corrected chi connectivity index (χ1v) is 4.96. The van der Waals surface area contributed by atoms with E-state index in [9.17, 15) is 9.59 Å². The van der Waals surface area contributed by atoms with Crippen molar-refractivity contribution < 1.29 is 4.79 Å². The molecule has 2 aromatic heterocycles. The number of hydrogen-bond acceptors (Lipinski definition) is 3. The highest BCUT2D eigenvalue weighted by molar-refractivity contribution is 5.91. The molecule has 84 valence electrons. The largest absolute Gasteiger partial charge is 0.346 e. The van der Waals surface area contributed by atoms with Gasteiger partial charge in [-0.25, -0.2) is 0 Å². The summed E-state index contributed by atoms with van der Waals surface area (Å²) in [4.78, 5) is 32.4. The first-order chi connectivity index (χ1) is 7.58. The molecule has 1 amide bonds. The van der Waals surface area contributed by atoms with E-state index in [1.165, 1.54) is 0 Å². The summed E-state index contributed by atoms with van der Waals surface area (Å²) in [6.45, 7) is 3.53. The number of nitrogens with zero attached hydrogens (tertiary/aromatic N) is 1. The van der Waals surface area contributed by atoms with E-state index in [0.29, 0.717) is 11.0 Å². The summed E-state index contributed by atoms with van der Waals surface area (Å²) in [6, 6.07) is 1.63. The fraction of sp³-hybridized carbons (Fsp3) is 0.300. The third kappa shape index (κ3) is 1.81. The van der Waals surface area contributed by atoms with Gasteiger partial charge in [0, 0.05) is 12.1 Å². The van der Waals surface area contributed by atoms with Crippen LogP contribution in [0, 0.1) is 5.92 Å². The molecule has 0 aliphatic rings. The Labute approximate surface area is 91.1 Å². The van der Waals surface area contributed by atoms with Crippen LogP contribution in [0.25, 0.3) is 11.0 Å². The lowest BCUT2D eigenvalue weighted by atomic mass is 10.2. The molecular formula is C10H12N4O2. The average molecular weight is 220 g/mol. The van der Waals surface area contributed by atoms with Crippen molar-refractivity contribution in [1.82, 2.24) is 15.0 Å². The summed E-state index contributed by atoms with van der Waals surface area (Å²) in [6.07, 6.45) is 1.63. The number of aromatic nitrogens is 3. The SMILES string of the molecule is CC(C)C(=O)Nc1nc2[nH]ccc2c(=O)[nH]1. The second kappa shape index (κ2) is 3.80. The molecule has 2 aromatic rings. The molecule has 3 N–H and O–H groups in total. The maximum absolute atomic E-state index is 11.5. The van der Waals surface area contributed by atoms with Crippen molar-refractivity contribution >= 4 is 22.9 Å². The summed E-state index contributed by atoms with van der Waals surface area (Å²) in [5.41, 5.74) is 0.188. The van der Waals surface area contributed by atoms with E-state index in [1.54, 1.807) is 26.1 Å². The third-order valence-electron chi connectivity index (χ3n) is 2.19. The van der Waals surface area contributed by atoms with E-state index >= 15 is 0 Å². The topological polar surface area (TPSA) is 90.6 Å². The summed E-state index contributed by atoms with van der Waals surface area (Å²) >= 11 is 0. The monoisotopic (exact) mass is 220 g/mol. The zero-order chi connectivity index (χ0) is 11.7. The van der Waals surface area contributed by atoms with Crippen LogP contribution in [0.2, 0.25) is 0 Å². The molecule has 0 aromatic carbocycles. The summed E-state index contributed by atoms with van der Waals surface area (Å²) in [5, 5.41) is 3.01. The second-order valence-electron chi connectivity index (χ2n) is 3.80. The average Bonchev–Trinajstić information content (AvgIpc) is 2.65. The number of fused-ring (bicyclic) bond motifs is 1. The normalized spacial score (nSPS) is 10.9. The number of aromatic amines is 2. The highest BCUT2D eigenvalue weighted by Crippen LogP contribution is 2.06. The lowest BCUT2D eigenvalue weighted by Crippen LogP contribution is -2.21. The summed E-state index contributed by atoms with van der Waals surface area (Å²) < 4.78 is 0. The fourth-order valence-corrected chi connectivity index (χ4v) is 1.27. The van der Waals surface area contributed by atoms with Crippen molar-refractivity contribution in [3.8, 4) is 0 Å². The highest BCUT2D eigenvalue weighted by atomic mass is 16.2. The van der Waals surface area contributed by atoms with Crippen molar-refractivity contribution in [3.63, 3.8) is 0 Å². The molecule has 0 radical (unpaired) electrons. The van der Waals surface area contributed by atoms with Gasteiger partial charge in [-0.2, -0.15) is 4.98 Å². The number of anilines is 1. The minimum atomic E-state index is -0.273. The number of nitrogens with one attached hydrogen (secondary N) is 3. The predicted octanol–water partition coefficient (Wildman–Crippen LogP) is 0.846. The smallest absolute Gasteiger partial charge is 0.261 e. The van der Waals surface area contributed by atoms with Gasteiger partial charge in [-0.3, -0.25) is 19.9 Å². The minimum absolute atomic E-state index is 0.162. The molecule has 0 aliphatic heterocycles. The van der Waals surface area contributed by atoms with Crippen LogP contribution in [-0.4, -0.2) is 20.9 Å². The van der Waals surface area contributed by atoms with Crippen LogP contribution >= 0.6 is 0 Å². The molecule has 0 bridgehead atoms. The Morgan fingerprint density at radius 3 is 2.94 bits per heavy atom. The van der Waals surface area contributed by atoms with Crippen molar-refractivity contribution in [3.05, 3.63) is 22.6 Å².